The summed E-state index contributed by atoms with van der Waals surface area (Å²) in [5.74, 6) is 5.65. The van der Waals surface area contributed by atoms with Crippen molar-refractivity contribution in [1.29, 1.82) is 0 Å². The first-order chi connectivity index (χ1) is 10.2. The van der Waals surface area contributed by atoms with Gasteiger partial charge in [-0.25, -0.2) is 0 Å². The molecule has 2 aromatic rings. The first-order valence-corrected chi connectivity index (χ1v) is 6.64. The van der Waals surface area contributed by atoms with Crippen molar-refractivity contribution in [2.24, 2.45) is 5.73 Å². The van der Waals surface area contributed by atoms with Crippen LogP contribution in [0.15, 0.2) is 48.8 Å². The van der Waals surface area contributed by atoms with Gasteiger partial charge in [-0.2, -0.15) is 0 Å². The van der Waals surface area contributed by atoms with E-state index >= 15 is 0 Å². The van der Waals surface area contributed by atoms with E-state index in [9.17, 15) is 4.79 Å². The van der Waals surface area contributed by atoms with Gasteiger partial charge in [0.2, 0.25) is 0 Å². The van der Waals surface area contributed by atoms with Gasteiger partial charge in [-0.05, 0) is 23.8 Å². The molecule has 0 unspecified atom stereocenters. The summed E-state index contributed by atoms with van der Waals surface area (Å²) in [6.07, 6.45) is 3.47. The maximum absolute atomic E-state index is 12.5. The summed E-state index contributed by atoms with van der Waals surface area (Å²) in [4.78, 5) is 18.2. The van der Waals surface area contributed by atoms with E-state index in [-0.39, 0.29) is 12.5 Å². The molecular formula is C17H17N3O. The first-order valence-electron chi connectivity index (χ1n) is 6.64. The van der Waals surface area contributed by atoms with Crippen LogP contribution in [0, 0.1) is 11.8 Å². The standard InChI is InChI=1S/C17H17N3O/c1-20(13-14-6-5-11-19-12-14)17(21)16-9-3-2-7-15(16)8-4-10-18/h2-3,5-7,9,11-12H,10,13,18H2,1H3. The summed E-state index contributed by atoms with van der Waals surface area (Å²) in [6, 6.07) is 11.1. The van der Waals surface area contributed by atoms with Crippen LogP contribution in [0.2, 0.25) is 0 Å². The van der Waals surface area contributed by atoms with E-state index in [4.69, 9.17) is 5.73 Å². The number of nitrogens with two attached hydrogens (primary N) is 1. The maximum atomic E-state index is 12.5. The molecule has 2 rings (SSSR count). The van der Waals surface area contributed by atoms with Crippen molar-refractivity contribution in [2.45, 2.75) is 6.54 Å². The topological polar surface area (TPSA) is 59.2 Å². The molecule has 1 amide bonds. The smallest absolute Gasteiger partial charge is 0.255 e. The Morgan fingerprint density at radius 2 is 2.10 bits per heavy atom. The van der Waals surface area contributed by atoms with Gasteiger partial charge >= 0.3 is 0 Å². The van der Waals surface area contributed by atoms with E-state index < -0.39 is 0 Å². The normalized spacial score (nSPS) is 9.62. The largest absolute Gasteiger partial charge is 0.337 e. The Kier molecular flexibility index (Phi) is 5.08. The third-order valence-electron chi connectivity index (χ3n) is 2.97. The summed E-state index contributed by atoms with van der Waals surface area (Å²) in [5, 5.41) is 0. The van der Waals surface area contributed by atoms with Crippen LogP contribution in [-0.4, -0.2) is 29.4 Å². The average molecular weight is 279 g/mol. The number of nitrogens with zero attached hydrogens (tertiary/aromatic N) is 2. The molecule has 1 heterocycles. The Labute approximate surface area is 124 Å². The van der Waals surface area contributed by atoms with Gasteiger partial charge in [0, 0.05) is 31.5 Å². The molecule has 1 aromatic carbocycles. The van der Waals surface area contributed by atoms with E-state index in [1.54, 1.807) is 30.4 Å². The minimum Gasteiger partial charge on any atom is -0.337 e. The predicted molar refractivity (Wildman–Crippen MR) is 82.4 cm³/mol. The Balaban J connectivity index is 2.20. The lowest BCUT2D eigenvalue weighted by atomic mass is 10.1. The summed E-state index contributed by atoms with van der Waals surface area (Å²) in [6.45, 7) is 0.777. The molecule has 0 aliphatic carbocycles. The minimum atomic E-state index is -0.0687. The molecule has 21 heavy (non-hydrogen) atoms. The van der Waals surface area contributed by atoms with Crippen molar-refractivity contribution in [3.8, 4) is 11.8 Å². The highest BCUT2D eigenvalue weighted by Gasteiger charge is 2.14. The van der Waals surface area contributed by atoms with Crippen LogP contribution in [0.25, 0.3) is 0 Å². The summed E-state index contributed by atoms with van der Waals surface area (Å²) < 4.78 is 0. The van der Waals surface area contributed by atoms with Gasteiger partial charge in [0.15, 0.2) is 0 Å². The molecule has 2 N–H and O–H groups in total. The fourth-order valence-corrected chi connectivity index (χ4v) is 1.97. The molecule has 0 spiro atoms. The highest BCUT2D eigenvalue weighted by molar-refractivity contribution is 5.96. The average Bonchev–Trinajstić information content (AvgIpc) is 2.53. The van der Waals surface area contributed by atoms with Crippen LogP contribution in [0.3, 0.4) is 0 Å². The number of carbonyl (C=O) groups excluding carboxylic acids is 1. The maximum Gasteiger partial charge on any atom is 0.255 e. The van der Waals surface area contributed by atoms with E-state index in [0.29, 0.717) is 17.7 Å². The quantitative estimate of drug-likeness (QED) is 0.869. The van der Waals surface area contributed by atoms with Crippen molar-refractivity contribution in [2.75, 3.05) is 13.6 Å². The van der Waals surface area contributed by atoms with Crippen LogP contribution in [0.4, 0.5) is 0 Å². The Hall–Kier alpha value is -2.64. The van der Waals surface area contributed by atoms with Crippen molar-refractivity contribution in [3.05, 3.63) is 65.5 Å². The second kappa shape index (κ2) is 7.22. The van der Waals surface area contributed by atoms with Crippen molar-refractivity contribution in [1.82, 2.24) is 9.88 Å². The van der Waals surface area contributed by atoms with Gasteiger partial charge in [0.1, 0.15) is 0 Å². The fourth-order valence-electron chi connectivity index (χ4n) is 1.97. The van der Waals surface area contributed by atoms with Gasteiger partial charge in [-0.15, -0.1) is 0 Å². The Morgan fingerprint density at radius 3 is 2.81 bits per heavy atom. The number of pyridine rings is 1. The van der Waals surface area contributed by atoms with Gasteiger partial charge < -0.3 is 10.6 Å². The van der Waals surface area contributed by atoms with Gasteiger partial charge in [-0.3, -0.25) is 9.78 Å². The number of aromatic nitrogens is 1. The van der Waals surface area contributed by atoms with Crippen molar-refractivity contribution >= 4 is 5.91 Å². The monoisotopic (exact) mass is 279 g/mol. The molecule has 106 valence electrons. The SMILES string of the molecule is CN(Cc1cccnc1)C(=O)c1ccccc1C#CCN. The van der Waals surface area contributed by atoms with E-state index in [0.717, 1.165) is 5.56 Å². The van der Waals surface area contributed by atoms with Crippen LogP contribution < -0.4 is 5.73 Å². The molecule has 0 atom stereocenters. The van der Waals surface area contributed by atoms with Gasteiger partial charge in [0.05, 0.1) is 12.1 Å². The summed E-state index contributed by atoms with van der Waals surface area (Å²) in [5.41, 5.74) is 7.66. The second-order valence-corrected chi connectivity index (χ2v) is 4.57. The molecule has 0 aliphatic heterocycles. The van der Waals surface area contributed by atoms with E-state index in [1.807, 2.05) is 30.3 Å². The molecule has 4 heteroatoms. The molecular weight excluding hydrogens is 262 g/mol. The summed E-state index contributed by atoms with van der Waals surface area (Å²) >= 11 is 0. The van der Waals surface area contributed by atoms with E-state index in [2.05, 4.69) is 16.8 Å². The molecule has 0 fully saturated rings. The predicted octanol–water partition coefficient (Wildman–Crippen LogP) is 1.66. The summed E-state index contributed by atoms with van der Waals surface area (Å²) in [7, 11) is 1.77. The van der Waals surface area contributed by atoms with Crippen molar-refractivity contribution < 1.29 is 4.79 Å². The van der Waals surface area contributed by atoms with Gasteiger partial charge in [-0.1, -0.05) is 30.0 Å². The zero-order chi connectivity index (χ0) is 15.1. The Bertz CT molecular complexity index is 671. The van der Waals surface area contributed by atoms with Gasteiger partial charge in [0.25, 0.3) is 5.91 Å². The third-order valence-corrected chi connectivity index (χ3v) is 2.97. The Morgan fingerprint density at radius 1 is 1.29 bits per heavy atom. The zero-order valence-electron chi connectivity index (χ0n) is 11.9. The van der Waals surface area contributed by atoms with E-state index in [1.165, 1.54) is 0 Å². The lowest BCUT2D eigenvalue weighted by Crippen LogP contribution is -2.27. The highest BCUT2D eigenvalue weighted by atomic mass is 16.2. The van der Waals surface area contributed by atoms with Crippen LogP contribution >= 0.6 is 0 Å². The van der Waals surface area contributed by atoms with Crippen LogP contribution in [0.5, 0.6) is 0 Å². The number of amides is 1. The van der Waals surface area contributed by atoms with Crippen LogP contribution in [0.1, 0.15) is 21.5 Å². The number of hydrogen-bond donors (Lipinski definition) is 1. The molecule has 0 saturated heterocycles. The molecule has 4 nitrogen and oxygen atoms in total. The molecule has 1 aromatic heterocycles. The van der Waals surface area contributed by atoms with Crippen molar-refractivity contribution in [3.63, 3.8) is 0 Å². The fraction of sp³-hybridized carbons (Fsp3) is 0.176. The van der Waals surface area contributed by atoms with Crippen LogP contribution in [-0.2, 0) is 6.54 Å². The number of hydrogen-bond acceptors (Lipinski definition) is 3. The molecule has 0 saturated carbocycles. The lowest BCUT2D eigenvalue weighted by Gasteiger charge is -2.18. The zero-order valence-corrected chi connectivity index (χ0v) is 11.9. The number of carbonyl (C=O) groups is 1. The third kappa shape index (κ3) is 3.91. The highest BCUT2D eigenvalue weighted by Crippen LogP contribution is 2.12. The second-order valence-electron chi connectivity index (χ2n) is 4.57. The lowest BCUT2D eigenvalue weighted by molar-refractivity contribution is 0.0784. The minimum absolute atomic E-state index is 0.0687. The first kappa shape index (κ1) is 14.8. The number of rotatable bonds is 3. The number of benzene rings is 1. The molecule has 0 aliphatic rings. The molecule has 0 radical (unpaired) electrons. The molecule has 0 bridgehead atoms.